The number of carbonyl (C=O) groups is 2. The minimum absolute atomic E-state index is 0.117. The normalized spacial score (nSPS) is 10.7. The maximum absolute atomic E-state index is 12.8. The largest absolute Gasteiger partial charge is 0.462 e. The van der Waals surface area contributed by atoms with Crippen LogP contribution < -0.4 is 5.32 Å². The van der Waals surface area contributed by atoms with Crippen LogP contribution in [0.25, 0.3) is 16.8 Å². The van der Waals surface area contributed by atoms with Crippen LogP contribution in [0.3, 0.4) is 0 Å². The van der Waals surface area contributed by atoms with Crippen LogP contribution >= 0.6 is 23.1 Å². The number of nitrogens with zero attached hydrogens (tertiary/aromatic N) is 3. The molecule has 0 bridgehead atoms. The fourth-order valence-electron chi connectivity index (χ4n) is 3.29. The maximum Gasteiger partial charge on any atom is 0.341 e. The first-order valence-electron chi connectivity index (χ1n) is 10.3. The number of thioether (sulfide) groups is 1. The Morgan fingerprint density at radius 2 is 1.76 bits per heavy atom. The summed E-state index contributed by atoms with van der Waals surface area (Å²) in [6.07, 6.45) is 0. The zero-order valence-electron chi connectivity index (χ0n) is 18.1. The summed E-state index contributed by atoms with van der Waals surface area (Å²) in [6, 6.07) is 19.3. The smallest absolute Gasteiger partial charge is 0.341 e. The molecular formula is C24H22N4O3S2. The second-order valence-corrected chi connectivity index (χ2v) is 8.80. The van der Waals surface area contributed by atoms with Crippen molar-refractivity contribution in [2.24, 2.45) is 0 Å². The average Bonchev–Trinajstić information content (AvgIpc) is 3.42. The molecule has 7 nitrogen and oxygen atoms in total. The second kappa shape index (κ2) is 10.5. The van der Waals surface area contributed by atoms with E-state index in [1.165, 1.54) is 23.1 Å². The topological polar surface area (TPSA) is 86.1 Å². The van der Waals surface area contributed by atoms with Crippen molar-refractivity contribution in [3.05, 3.63) is 77.4 Å². The van der Waals surface area contributed by atoms with Crippen molar-refractivity contribution in [2.45, 2.75) is 19.0 Å². The van der Waals surface area contributed by atoms with E-state index in [1.807, 2.05) is 77.5 Å². The lowest BCUT2D eigenvalue weighted by atomic mass is 10.0. The molecule has 0 saturated heterocycles. The van der Waals surface area contributed by atoms with E-state index in [9.17, 15) is 9.59 Å². The van der Waals surface area contributed by atoms with Crippen LogP contribution in [0, 0.1) is 6.92 Å². The van der Waals surface area contributed by atoms with Gasteiger partial charge >= 0.3 is 5.97 Å². The predicted octanol–water partition coefficient (Wildman–Crippen LogP) is 5.21. The van der Waals surface area contributed by atoms with Gasteiger partial charge in [-0.1, -0.05) is 60.3 Å². The van der Waals surface area contributed by atoms with Crippen molar-refractivity contribution in [3.8, 4) is 16.8 Å². The van der Waals surface area contributed by atoms with Crippen molar-refractivity contribution < 1.29 is 14.3 Å². The van der Waals surface area contributed by atoms with Gasteiger partial charge in [0.15, 0.2) is 5.16 Å². The number of aryl methyl sites for hydroxylation is 1. The Kier molecular flexibility index (Phi) is 7.21. The van der Waals surface area contributed by atoms with Crippen LogP contribution in [0.2, 0.25) is 0 Å². The van der Waals surface area contributed by atoms with Crippen molar-refractivity contribution in [2.75, 3.05) is 17.7 Å². The molecule has 9 heteroatoms. The molecule has 0 radical (unpaired) electrons. The molecule has 2 heterocycles. The molecule has 0 atom stereocenters. The highest BCUT2D eigenvalue weighted by molar-refractivity contribution is 7.99. The van der Waals surface area contributed by atoms with Crippen LogP contribution in [-0.4, -0.2) is 39.0 Å². The van der Waals surface area contributed by atoms with Gasteiger partial charge in [-0.2, -0.15) is 0 Å². The summed E-state index contributed by atoms with van der Waals surface area (Å²) in [5.74, 6) is 0.151. The molecule has 0 saturated carbocycles. The first-order valence-corrected chi connectivity index (χ1v) is 12.2. The lowest BCUT2D eigenvalue weighted by Crippen LogP contribution is -2.16. The van der Waals surface area contributed by atoms with Crippen LogP contribution in [-0.2, 0) is 9.53 Å². The fourth-order valence-corrected chi connectivity index (χ4v) is 5.06. The van der Waals surface area contributed by atoms with E-state index in [2.05, 4.69) is 15.5 Å². The molecule has 4 aromatic rings. The van der Waals surface area contributed by atoms with E-state index >= 15 is 0 Å². The second-order valence-electron chi connectivity index (χ2n) is 6.98. The molecule has 2 aromatic carbocycles. The summed E-state index contributed by atoms with van der Waals surface area (Å²) in [4.78, 5) is 25.5. The van der Waals surface area contributed by atoms with Crippen LogP contribution in [0.1, 0.15) is 23.1 Å². The van der Waals surface area contributed by atoms with Gasteiger partial charge in [-0.3, -0.25) is 9.36 Å². The van der Waals surface area contributed by atoms with Crippen molar-refractivity contribution in [3.63, 3.8) is 0 Å². The molecule has 0 aliphatic heterocycles. The van der Waals surface area contributed by atoms with Crippen LogP contribution in [0.5, 0.6) is 0 Å². The molecule has 0 aliphatic carbocycles. The summed E-state index contributed by atoms with van der Waals surface area (Å²) >= 11 is 2.59. The van der Waals surface area contributed by atoms with Gasteiger partial charge in [-0.25, -0.2) is 4.79 Å². The molecule has 0 spiro atoms. The number of anilines is 1. The Labute approximate surface area is 199 Å². The predicted molar refractivity (Wildman–Crippen MR) is 131 cm³/mol. The highest BCUT2D eigenvalue weighted by Gasteiger charge is 2.23. The van der Waals surface area contributed by atoms with Crippen LogP contribution in [0.4, 0.5) is 5.00 Å². The molecule has 2 aromatic heterocycles. The van der Waals surface area contributed by atoms with Crippen molar-refractivity contribution in [1.29, 1.82) is 0 Å². The van der Waals surface area contributed by atoms with Gasteiger partial charge in [0, 0.05) is 16.6 Å². The third kappa shape index (κ3) is 5.15. The summed E-state index contributed by atoms with van der Waals surface area (Å²) < 4.78 is 7.16. The van der Waals surface area contributed by atoms with Crippen molar-refractivity contribution >= 4 is 40.0 Å². The number of hydrogen-bond donors (Lipinski definition) is 1. The highest BCUT2D eigenvalue weighted by Crippen LogP contribution is 2.36. The monoisotopic (exact) mass is 478 g/mol. The minimum atomic E-state index is -0.458. The summed E-state index contributed by atoms with van der Waals surface area (Å²) in [5.41, 5.74) is 2.92. The van der Waals surface area contributed by atoms with Gasteiger partial charge < -0.3 is 10.1 Å². The van der Waals surface area contributed by atoms with E-state index in [0.717, 1.165) is 22.6 Å². The zero-order chi connectivity index (χ0) is 23.2. The quantitative estimate of drug-likeness (QED) is 0.276. The molecule has 0 unspecified atom stereocenters. The molecule has 0 aliphatic rings. The third-order valence-electron chi connectivity index (χ3n) is 4.75. The highest BCUT2D eigenvalue weighted by atomic mass is 32.2. The van der Waals surface area contributed by atoms with E-state index in [1.54, 1.807) is 6.92 Å². The Morgan fingerprint density at radius 1 is 1.06 bits per heavy atom. The number of ether oxygens (including phenoxy) is 1. The van der Waals surface area contributed by atoms with Gasteiger partial charge in [0.05, 0.1) is 12.4 Å². The number of amides is 1. The van der Waals surface area contributed by atoms with Gasteiger partial charge in [0.2, 0.25) is 5.91 Å². The van der Waals surface area contributed by atoms with Gasteiger partial charge in [-0.05, 0) is 31.5 Å². The number of benzene rings is 2. The summed E-state index contributed by atoms with van der Waals surface area (Å²) in [5, 5.41) is 14.2. The first-order chi connectivity index (χ1) is 16.1. The van der Waals surface area contributed by atoms with Gasteiger partial charge in [-0.15, -0.1) is 21.5 Å². The van der Waals surface area contributed by atoms with E-state index in [-0.39, 0.29) is 18.3 Å². The SMILES string of the molecule is CCOC(=O)c1c(-c2ccccc2)csc1NC(=O)CSc1nnc(C)n1-c1ccccc1. The Morgan fingerprint density at radius 3 is 2.45 bits per heavy atom. The molecule has 33 heavy (non-hydrogen) atoms. The molecule has 0 fully saturated rings. The average molecular weight is 479 g/mol. The molecule has 1 amide bonds. The number of para-hydroxylation sites is 1. The third-order valence-corrected chi connectivity index (χ3v) is 6.57. The number of hydrogen-bond acceptors (Lipinski definition) is 7. The first kappa shape index (κ1) is 22.8. The van der Waals surface area contributed by atoms with E-state index < -0.39 is 5.97 Å². The molecule has 1 N–H and O–H groups in total. The molecule has 168 valence electrons. The molecular weight excluding hydrogens is 456 g/mol. The number of thiophene rings is 1. The zero-order valence-corrected chi connectivity index (χ0v) is 19.8. The van der Waals surface area contributed by atoms with Crippen LogP contribution in [0.15, 0.2) is 71.2 Å². The lowest BCUT2D eigenvalue weighted by molar-refractivity contribution is -0.113. The number of nitrogens with one attached hydrogen (secondary N) is 1. The number of rotatable bonds is 8. The summed E-state index contributed by atoms with van der Waals surface area (Å²) in [6.45, 7) is 3.87. The summed E-state index contributed by atoms with van der Waals surface area (Å²) in [7, 11) is 0. The minimum Gasteiger partial charge on any atom is -0.462 e. The number of carbonyl (C=O) groups excluding carboxylic acids is 2. The maximum atomic E-state index is 12.8. The number of esters is 1. The van der Waals surface area contributed by atoms with Crippen molar-refractivity contribution in [1.82, 2.24) is 14.8 Å². The Balaban J connectivity index is 1.52. The molecule has 4 rings (SSSR count). The fraction of sp³-hybridized carbons (Fsp3) is 0.167. The number of aromatic nitrogens is 3. The lowest BCUT2D eigenvalue weighted by Gasteiger charge is -2.10. The Hall–Kier alpha value is -3.43. The van der Waals surface area contributed by atoms with Gasteiger partial charge in [0.25, 0.3) is 0 Å². The van der Waals surface area contributed by atoms with Gasteiger partial charge in [0.1, 0.15) is 16.4 Å². The van der Waals surface area contributed by atoms with E-state index in [4.69, 9.17) is 4.74 Å². The Bertz CT molecular complexity index is 1250. The van der Waals surface area contributed by atoms with E-state index in [0.29, 0.717) is 15.7 Å². The standard InChI is InChI=1S/C24H22N4O3S2/c1-3-31-23(30)21-19(17-10-6-4-7-11-17)14-32-22(21)25-20(29)15-33-24-27-26-16(2)28(24)18-12-8-5-9-13-18/h4-14H,3,15H2,1-2H3,(H,25,29).